The Kier molecular flexibility index (Phi) is 18.9. The molecule has 16 bridgehead atoms. The van der Waals surface area contributed by atoms with E-state index in [1.807, 2.05) is 56.3 Å². The molecule has 85 heavy (non-hydrogen) atoms. The van der Waals surface area contributed by atoms with Crippen LogP contribution in [-0.2, 0) is 5.60 Å². The van der Waals surface area contributed by atoms with Crippen LogP contribution in [0.15, 0.2) is 152 Å². The smallest absolute Gasteiger partial charge is 0.115 e. The number of fused-ring (bicyclic) bond motifs is 16. The molecule has 8 N–H and O–H groups in total. The molecule has 0 aromatic heterocycles. The molecule has 2 aromatic carbocycles. The number of phenols is 1. The van der Waals surface area contributed by atoms with Crippen molar-refractivity contribution in [3.8, 4) is 5.75 Å². The quantitative estimate of drug-likeness (QED) is 0.133. The minimum atomic E-state index is -0.583. The lowest BCUT2D eigenvalue weighted by Gasteiger charge is -2.34. The van der Waals surface area contributed by atoms with Crippen LogP contribution in [0, 0.1) is 111 Å². The highest BCUT2D eigenvalue weighted by atomic mass is 16.3. The van der Waals surface area contributed by atoms with Crippen LogP contribution in [0.25, 0.3) is 0 Å². The predicted molar refractivity (Wildman–Crippen MR) is 341 cm³/mol. The van der Waals surface area contributed by atoms with Gasteiger partial charge >= 0.3 is 0 Å². The summed E-state index contributed by atoms with van der Waals surface area (Å²) in [5.74, 6) is 12.0. The van der Waals surface area contributed by atoms with Gasteiger partial charge in [-0.1, -0.05) is 160 Å². The standard InChI is InChI=1S/2C13H14O.C10H16O.2C9H14O.2C8H12O.C7H10O/c14-12-3-1-2-10(8-12)13-7-9-4-5-11(13)6-9;14-13(11-4-2-1-3-5-11)9-10-6-7-12(13)8-10;1-7(11)10(2)6-8-3-4-9(10)5-8;1-9(6-10)5-7-2-3-8(9)4-7;1-2-9(10)6-7-3-4-8(9)5-7;1-8(9)5-6-2-3-7(8)4-6;9-5-8-4-6-1-2-7(8)3-6;8-7-4-5-1-2-6(7)3-5/h1-5,8-9,11,13-14H,6-7H2;1-7,10,12,14H,8-9H2;3-4,7-9,11H,5-6H2,1-2H3;2-3,7-8,10H,4-6H2,1H3;3-4,7-8,10H,2,5-6H2,1H3;2-3,6-7,9H,4-5H2,1H3;1-2,6-9H,3-5H2;1-2,5-8H,3-4H2. The first kappa shape index (κ1) is 62.5. The number of aliphatic hydroxyl groups excluding tert-OH is 4. The third-order valence-corrected chi connectivity index (χ3v) is 24.7. The van der Waals surface area contributed by atoms with Gasteiger partial charge in [-0.2, -0.15) is 0 Å². The zero-order valence-electron chi connectivity index (χ0n) is 52.0. The normalized spacial score (nSPS) is 46.0. The summed E-state index contributed by atoms with van der Waals surface area (Å²) in [4.78, 5) is 0. The van der Waals surface area contributed by atoms with Crippen LogP contribution >= 0.6 is 0 Å². The highest BCUT2D eigenvalue weighted by molar-refractivity contribution is 5.34. The summed E-state index contributed by atoms with van der Waals surface area (Å²) in [5.41, 5.74) is 1.50. The van der Waals surface area contributed by atoms with E-state index in [4.69, 9.17) is 15.3 Å². The van der Waals surface area contributed by atoms with E-state index in [-0.39, 0.29) is 34.2 Å². The zero-order chi connectivity index (χ0) is 59.9. The van der Waals surface area contributed by atoms with Crippen LogP contribution in [0.4, 0.5) is 0 Å². The van der Waals surface area contributed by atoms with Gasteiger partial charge in [0.1, 0.15) is 5.75 Å². The molecule has 16 aliphatic carbocycles. The van der Waals surface area contributed by atoms with Crippen LogP contribution < -0.4 is 0 Å². The van der Waals surface area contributed by atoms with Gasteiger partial charge in [-0.05, 0) is 235 Å². The van der Waals surface area contributed by atoms with Crippen LogP contribution in [-0.4, -0.2) is 77.5 Å². The molecule has 2 aromatic rings. The van der Waals surface area contributed by atoms with E-state index in [1.165, 1.54) is 76.2 Å². The molecular formula is C77H106O8. The summed E-state index contributed by atoms with van der Waals surface area (Å²) in [5, 5.41) is 76.3. The second-order valence-corrected chi connectivity index (χ2v) is 30.6. The van der Waals surface area contributed by atoms with E-state index in [0.29, 0.717) is 84.1 Å². The molecule has 8 nitrogen and oxygen atoms in total. The van der Waals surface area contributed by atoms with Gasteiger partial charge in [0.05, 0.1) is 29.0 Å². The van der Waals surface area contributed by atoms with Crippen LogP contribution in [0.2, 0.25) is 0 Å². The maximum atomic E-state index is 10.6. The van der Waals surface area contributed by atoms with E-state index in [9.17, 15) is 25.5 Å². The molecule has 16 aliphatic rings. The van der Waals surface area contributed by atoms with Gasteiger partial charge in [-0.25, -0.2) is 0 Å². The van der Waals surface area contributed by atoms with Crippen molar-refractivity contribution in [2.75, 3.05) is 13.2 Å². The fraction of sp³-hybridized carbons (Fsp3) is 0.636. The molecule has 18 rings (SSSR count). The van der Waals surface area contributed by atoms with Crippen molar-refractivity contribution < 1.29 is 40.9 Å². The molecule has 0 spiro atoms. The SMILES string of the molecule is CC(O)C1(C)CC2C=CC1C2.CC1(CO)CC2C=CC1C2.CC1(O)CC2C=CC1C2.CCC1(O)CC2C=CC1C2.OC1(c2ccccc2)CC2C=CC1C2.OC1CC2C=CC1C2.OCC1CC2C=CC1C2.Oc1cccc(C2CC3C=CC2C3)c1. The third-order valence-electron chi connectivity index (χ3n) is 24.7. The summed E-state index contributed by atoms with van der Waals surface area (Å²) >= 11 is 0. The third kappa shape index (κ3) is 13.6. The topological polar surface area (TPSA) is 162 Å². The Morgan fingerprint density at radius 1 is 0.482 bits per heavy atom. The van der Waals surface area contributed by atoms with Gasteiger partial charge in [-0.3, -0.25) is 0 Å². The Bertz CT molecular complexity index is 2780. The summed E-state index contributed by atoms with van der Waals surface area (Å²) in [6, 6.07) is 17.8. The summed E-state index contributed by atoms with van der Waals surface area (Å²) in [6.07, 6.45) is 55.6. The molecule has 0 heterocycles. The Morgan fingerprint density at radius 3 is 1.33 bits per heavy atom. The number of hydrogen-bond acceptors (Lipinski definition) is 8. The lowest BCUT2D eigenvalue weighted by molar-refractivity contribution is 0.0102. The number of aliphatic hydroxyl groups is 7. The van der Waals surface area contributed by atoms with Crippen LogP contribution in [0.3, 0.4) is 0 Å². The Labute approximate surface area is 510 Å². The number of hydrogen-bond donors (Lipinski definition) is 8. The molecule has 0 radical (unpaired) electrons. The fourth-order valence-corrected chi connectivity index (χ4v) is 19.1. The average Bonchev–Trinajstić information content (AvgIpc) is 4.37. The minimum absolute atomic E-state index is 0.00926. The Hall–Kier alpha value is -4.12. The zero-order valence-corrected chi connectivity index (χ0v) is 52.0. The van der Waals surface area contributed by atoms with Crippen molar-refractivity contribution in [3.05, 3.63) is 163 Å². The number of rotatable bonds is 6. The first-order valence-electron chi connectivity index (χ1n) is 33.7. The van der Waals surface area contributed by atoms with E-state index in [1.54, 1.807) is 6.07 Å². The molecule has 8 saturated carbocycles. The van der Waals surface area contributed by atoms with Gasteiger partial charge in [0.2, 0.25) is 0 Å². The molecule has 0 aliphatic heterocycles. The van der Waals surface area contributed by atoms with Crippen molar-refractivity contribution in [1.82, 2.24) is 0 Å². The maximum Gasteiger partial charge on any atom is 0.115 e. The summed E-state index contributed by atoms with van der Waals surface area (Å²) in [7, 11) is 0. The van der Waals surface area contributed by atoms with Gasteiger partial charge in [0.15, 0.2) is 0 Å². The lowest BCUT2D eigenvalue weighted by Crippen LogP contribution is -2.33. The predicted octanol–water partition coefficient (Wildman–Crippen LogP) is 14.3. The summed E-state index contributed by atoms with van der Waals surface area (Å²) < 4.78 is 0. The molecule has 8 fully saturated rings. The Balaban J connectivity index is 0.000000102. The second kappa shape index (κ2) is 25.8. The molecule has 0 amide bonds. The van der Waals surface area contributed by atoms with Crippen molar-refractivity contribution in [3.63, 3.8) is 0 Å². The molecular weight excluding hydrogens is 1050 g/mol. The molecule has 25 unspecified atom stereocenters. The molecule has 8 heteroatoms. The molecule has 25 atom stereocenters. The monoisotopic (exact) mass is 1160 g/mol. The highest BCUT2D eigenvalue weighted by Crippen LogP contribution is 2.56. The molecule has 0 saturated heterocycles. The summed E-state index contributed by atoms with van der Waals surface area (Å²) in [6.45, 7) is 11.1. The van der Waals surface area contributed by atoms with E-state index in [2.05, 4.69) is 124 Å². The number of phenolic OH excluding ortho intramolecular Hbond substituents is 1. The minimum Gasteiger partial charge on any atom is -0.508 e. The van der Waals surface area contributed by atoms with E-state index in [0.717, 1.165) is 85.5 Å². The molecule has 462 valence electrons. The maximum absolute atomic E-state index is 10.6. The van der Waals surface area contributed by atoms with Crippen LogP contribution in [0.1, 0.15) is 161 Å². The second-order valence-electron chi connectivity index (χ2n) is 30.6. The van der Waals surface area contributed by atoms with Crippen molar-refractivity contribution in [2.24, 2.45) is 111 Å². The van der Waals surface area contributed by atoms with Crippen LogP contribution in [0.5, 0.6) is 5.75 Å². The van der Waals surface area contributed by atoms with Gasteiger partial charge in [-0.15, -0.1) is 0 Å². The number of benzene rings is 2. The Morgan fingerprint density at radius 2 is 1.01 bits per heavy atom. The first-order valence-corrected chi connectivity index (χ1v) is 33.7. The van der Waals surface area contributed by atoms with Crippen molar-refractivity contribution in [2.45, 2.75) is 179 Å². The van der Waals surface area contributed by atoms with Gasteiger partial charge in [0, 0.05) is 42.3 Å². The first-order chi connectivity index (χ1) is 40.7. The lowest BCUT2D eigenvalue weighted by atomic mass is 9.74. The van der Waals surface area contributed by atoms with Crippen molar-refractivity contribution in [1.29, 1.82) is 0 Å². The van der Waals surface area contributed by atoms with Crippen molar-refractivity contribution >= 4 is 0 Å². The van der Waals surface area contributed by atoms with E-state index >= 15 is 0 Å². The average molecular weight is 1160 g/mol. The number of allylic oxidation sites excluding steroid dienone is 12. The number of aromatic hydroxyl groups is 1. The fourth-order valence-electron chi connectivity index (χ4n) is 19.1. The van der Waals surface area contributed by atoms with Gasteiger partial charge in [0.25, 0.3) is 0 Å². The largest absolute Gasteiger partial charge is 0.508 e. The highest BCUT2D eigenvalue weighted by Gasteiger charge is 2.50. The van der Waals surface area contributed by atoms with Gasteiger partial charge < -0.3 is 40.9 Å². The van der Waals surface area contributed by atoms with E-state index < -0.39 is 5.60 Å².